The van der Waals surface area contributed by atoms with Crippen molar-refractivity contribution in [2.24, 2.45) is 0 Å². The van der Waals surface area contributed by atoms with Crippen molar-refractivity contribution in [3.05, 3.63) is 174 Å². The van der Waals surface area contributed by atoms with Gasteiger partial charge in [-0.25, -0.2) is 9.97 Å². The molecule has 4 nitrogen and oxygen atoms in total. The van der Waals surface area contributed by atoms with E-state index in [1.165, 1.54) is 33.0 Å². The van der Waals surface area contributed by atoms with Gasteiger partial charge in [0.1, 0.15) is 0 Å². The van der Waals surface area contributed by atoms with Crippen molar-refractivity contribution in [1.82, 2.24) is 14.5 Å². The summed E-state index contributed by atoms with van der Waals surface area (Å²) < 4.78 is 2.38. The zero-order valence-electron chi connectivity index (χ0n) is 28.8. The molecule has 7 aromatic carbocycles. The number of nitriles is 1. The molecule has 1 aliphatic carbocycles. The summed E-state index contributed by atoms with van der Waals surface area (Å²) in [5, 5.41) is 13.7. The molecule has 2 aromatic heterocycles. The first-order chi connectivity index (χ1) is 25.5. The van der Waals surface area contributed by atoms with Crippen LogP contribution in [0, 0.1) is 11.3 Å². The predicted molar refractivity (Wildman–Crippen MR) is 212 cm³/mol. The highest BCUT2D eigenvalue weighted by atomic mass is 15.0. The molecule has 0 N–H and O–H groups in total. The quantitative estimate of drug-likeness (QED) is 0.188. The number of para-hydroxylation sites is 2. The molecule has 1 aliphatic rings. The Morgan fingerprint density at radius 2 is 1.25 bits per heavy atom. The van der Waals surface area contributed by atoms with Crippen molar-refractivity contribution < 1.29 is 0 Å². The third-order valence-electron chi connectivity index (χ3n) is 10.8. The standard InChI is InChI=1S/C48H32N4/c1-48(2)39-21-11-8-18-36(39)44-40(48)24-25-43-45(44)38-20-10-13-23-42(38)52(43)34-27-32(35-17-7-6-16-31(35)29-49)26-33(28-34)47-50-41-22-12-9-19-37(41)46(51-47)30-14-4-3-5-15-30/h3-28H,1-2H3. The molecule has 0 atom stereocenters. The van der Waals surface area contributed by atoms with Gasteiger partial charge in [0.25, 0.3) is 0 Å². The third-order valence-corrected chi connectivity index (χ3v) is 10.8. The van der Waals surface area contributed by atoms with Crippen molar-refractivity contribution in [3.8, 4) is 56.7 Å². The highest BCUT2D eigenvalue weighted by Gasteiger charge is 2.37. The number of hydrogen-bond donors (Lipinski definition) is 0. The van der Waals surface area contributed by atoms with Gasteiger partial charge in [0.2, 0.25) is 0 Å². The van der Waals surface area contributed by atoms with Gasteiger partial charge in [0.05, 0.1) is 33.9 Å². The van der Waals surface area contributed by atoms with Crippen LogP contribution in [0.2, 0.25) is 0 Å². The molecule has 0 radical (unpaired) electrons. The second-order valence-electron chi connectivity index (χ2n) is 14.1. The zero-order chi connectivity index (χ0) is 35.0. The largest absolute Gasteiger partial charge is 0.309 e. The molecule has 0 unspecified atom stereocenters. The maximum absolute atomic E-state index is 10.2. The Morgan fingerprint density at radius 3 is 2.10 bits per heavy atom. The summed E-state index contributed by atoms with van der Waals surface area (Å²) in [6.45, 7) is 4.66. The fraction of sp³-hybridized carbons (Fsp3) is 0.0625. The van der Waals surface area contributed by atoms with Gasteiger partial charge in [-0.05, 0) is 75.8 Å². The van der Waals surface area contributed by atoms with Gasteiger partial charge in [-0.15, -0.1) is 0 Å². The molecule has 9 aromatic rings. The van der Waals surface area contributed by atoms with Crippen LogP contribution < -0.4 is 0 Å². The predicted octanol–water partition coefficient (Wildman–Crippen LogP) is 11.9. The average molecular weight is 665 g/mol. The van der Waals surface area contributed by atoms with Crippen LogP contribution in [-0.2, 0) is 5.41 Å². The van der Waals surface area contributed by atoms with E-state index in [1.54, 1.807) is 0 Å². The molecule has 0 aliphatic heterocycles. The molecule has 0 bridgehead atoms. The third kappa shape index (κ3) is 4.39. The topological polar surface area (TPSA) is 54.5 Å². The van der Waals surface area contributed by atoms with Crippen molar-refractivity contribution in [2.75, 3.05) is 0 Å². The number of rotatable bonds is 4. The molecule has 4 heteroatoms. The number of fused-ring (bicyclic) bond motifs is 8. The van der Waals surface area contributed by atoms with Gasteiger partial charge >= 0.3 is 0 Å². The minimum Gasteiger partial charge on any atom is -0.309 e. The van der Waals surface area contributed by atoms with Crippen LogP contribution >= 0.6 is 0 Å². The maximum Gasteiger partial charge on any atom is 0.160 e. The summed E-state index contributed by atoms with van der Waals surface area (Å²) in [6.07, 6.45) is 0. The first kappa shape index (κ1) is 30.0. The minimum atomic E-state index is -0.110. The monoisotopic (exact) mass is 664 g/mol. The van der Waals surface area contributed by atoms with Crippen LogP contribution in [0.15, 0.2) is 158 Å². The summed E-state index contributed by atoms with van der Waals surface area (Å²) in [5.41, 5.74) is 14.5. The first-order valence-corrected chi connectivity index (χ1v) is 17.7. The molecule has 2 heterocycles. The Hall–Kier alpha value is -6.83. The highest BCUT2D eigenvalue weighted by molar-refractivity contribution is 6.18. The van der Waals surface area contributed by atoms with Crippen molar-refractivity contribution >= 4 is 32.7 Å². The van der Waals surface area contributed by atoms with Gasteiger partial charge in [0.15, 0.2) is 5.82 Å². The lowest BCUT2D eigenvalue weighted by Crippen LogP contribution is -2.14. The number of nitrogens with zero attached hydrogens (tertiary/aromatic N) is 4. The van der Waals surface area contributed by atoms with Gasteiger partial charge in [0, 0.05) is 38.4 Å². The first-order valence-electron chi connectivity index (χ1n) is 17.7. The lowest BCUT2D eigenvalue weighted by Gasteiger charge is -2.21. The maximum atomic E-state index is 10.2. The minimum absolute atomic E-state index is 0.110. The number of hydrogen-bond acceptors (Lipinski definition) is 3. The van der Waals surface area contributed by atoms with E-state index in [2.05, 4.69) is 128 Å². The Balaban J connectivity index is 1.30. The van der Waals surface area contributed by atoms with E-state index in [-0.39, 0.29) is 5.41 Å². The lowest BCUT2D eigenvalue weighted by molar-refractivity contribution is 0.661. The lowest BCUT2D eigenvalue weighted by atomic mass is 9.82. The molecular weight excluding hydrogens is 633 g/mol. The Bertz CT molecular complexity index is 2940. The second kappa shape index (κ2) is 11.3. The molecule has 0 amide bonds. The van der Waals surface area contributed by atoms with E-state index in [1.807, 2.05) is 54.6 Å². The summed E-state index contributed by atoms with van der Waals surface area (Å²) in [5.74, 6) is 0.632. The van der Waals surface area contributed by atoms with Gasteiger partial charge in [-0.1, -0.05) is 129 Å². The van der Waals surface area contributed by atoms with Crippen LogP contribution in [0.4, 0.5) is 0 Å². The average Bonchev–Trinajstić information content (AvgIpc) is 3.66. The Morgan fingerprint density at radius 1 is 0.558 bits per heavy atom. The number of aromatic nitrogens is 3. The van der Waals surface area contributed by atoms with Gasteiger partial charge < -0.3 is 4.57 Å². The van der Waals surface area contributed by atoms with Crippen LogP contribution in [0.3, 0.4) is 0 Å². The molecule has 0 spiro atoms. The summed E-state index contributed by atoms with van der Waals surface area (Å²) in [4.78, 5) is 10.4. The Kier molecular flexibility index (Phi) is 6.55. The fourth-order valence-electron chi connectivity index (χ4n) is 8.41. The normalized spacial score (nSPS) is 12.9. The molecule has 0 fully saturated rings. The Labute approximate surface area is 301 Å². The van der Waals surface area contributed by atoms with E-state index in [4.69, 9.17) is 9.97 Å². The van der Waals surface area contributed by atoms with Crippen LogP contribution in [0.5, 0.6) is 0 Å². The van der Waals surface area contributed by atoms with Crippen LogP contribution in [0.1, 0.15) is 30.5 Å². The summed E-state index contributed by atoms with van der Waals surface area (Å²) in [7, 11) is 0. The molecule has 244 valence electrons. The molecule has 10 rings (SSSR count). The smallest absolute Gasteiger partial charge is 0.160 e. The fourth-order valence-corrected chi connectivity index (χ4v) is 8.41. The second-order valence-corrected chi connectivity index (χ2v) is 14.1. The SMILES string of the molecule is CC1(C)c2ccccc2-c2c1ccc1c2c2ccccc2n1-c1cc(-c2nc(-c3ccccc3)c3ccccc3n2)cc(-c2ccccc2C#N)c1. The van der Waals surface area contributed by atoms with Crippen molar-refractivity contribution in [1.29, 1.82) is 5.26 Å². The van der Waals surface area contributed by atoms with E-state index in [9.17, 15) is 5.26 Å². The van der Waals surface area contributed by atoms with Gasteiger partial charge in [-0.3, -0.25) is 0 Å². The van der Waals surface area contributed by atoms with E-state index < -0.39 is 0 Å². The zero-order valence-corrected chi connectivity index (χ0v) is 28.8. The van der Waals surface area contributed by atoms with E-state index in [0.29, 0.717) is 11.4 Å². The van der Waals surface area contributed by atoms with Gasteiger partial charge in [-0.2, -0.15) is 5.26 Å². The number of benzene rings is 7. The summed E-state index contributed by atoms with van der Waals surface area (Å²) >= 11 is 0. The van der Waals surface area contributed by atoms with Crippen LogP contribution in [-0.4, -0.2) is 14.5 Å². The highest BCUT2D eigenvalue weighted by Crippen LogP contribution is 2.53. The molecule has 0 saturated heterocycles. The molecule has 0 saturated carbocycles. The molecule has 52 heavy (non-hydrogen) atoms. The van der Waals surface area contributed by atoms with E-state index >= 15 is 0 Å². The summed E-state index contributed by atoms with van der Waals surface area (Å²) in [6, 6.07) is 57.4. The van der Waals surface area contributed by atoms with Crippen LogP contribution in [0.25, 0.3) is 83.3 Å². The van der Waals surface area contributed by atoms with Crippen molar-refractivity contribution in [2.45, 2.75) is 19.3 Å². The van der Waals surface area contributed by atoms with Crippen molar-refractivity contribution in [3.63, 3.8) is 0 Å². The van der Waals surface area contributed by atoms with E-state index in [0.717, 1.165) is 55.6 Å². The molecular formula is C48H32N4.